The number of aliphatic hydroxyl groups excluding tert-OH is 2. The van der Waals surface area contributed by atoms with Gasteiger partial charge in [-0.05, 0) is 92.3 Å². The van der Waals surface area contributed by atoms with Crippen LogP contribution in [-0.2, 0) is 4.79 Å². The van der Waals surface area contributed by atoms with Crippen molar-refractivity contribution in [2.45, 2.75) is 77.7 Å². The predicted octanol–water partition coefficient (Wildman–Crippen LogP) is 3.57. The molecule has 0 aromatic rings. The Morgan fingerprint density at radius 1 is 0.958 bits per heavy atom. The summed E-state index contributed by atoms with van der Waals surface area (Å²) in [5.74, 6) is 3.08. The van der Waals surface area contributed by atoms with Gasteiger partial charge >= 0.3 is 0 Å². The van der Waals surface area contributed by atoms with E-state index in [1.165, 1.54) is 32.1 Å². The standard InChI is InChI=1S/C21H34O3/c1-20-9-7-14(23)11-13(20)3-4-15-16-5-6-18(19(24)12-22)21(16,2)10-8-17(15)20/h13-18,22-23H,3-12H2,1-2H3/t13?,14?,15?,16?,17?,18-,20?,21?/m1/s1. The van der Waals surface area contributed by atoms with Gasteiger partial charge in [-0.15, -0.1) is 0 Å². The molecule has 0 heterocycles. The van der Waals surface area contributed by atoms with Crippen molar-refractivity contribution in [3.8, 4) is 0 Å². The van der Waals surface area contributed by atoms with Gasteiger partial charge in [0.15, 0.2) is 5.78 Å². The molecule has 0 aromatic heterocycles. The van der Waals surface area contributed by atoms with Crippen LogP contribution in [0.2, 0.25) is 0 Å². The van der Waals surface area contributed by atoms with E-state index in [1.54, 1.807) is 0 Å². The Hall–Kier alpha value is -0.410. The van der Waals surface area contributed by atoms with Crippen molar-refractivity contribution < 1.29 is 15.0 Å². The number of fused-ring (bicyclic) bond motifs is 5. The largest absolute Gasteiger partial charge is 0.393 e. The molecular formula is C21H34O3. The minimum Gasteiger partial charge on any atom is -0.393 e. The summed E-state index contributed by atoms with van der Waals surface area (Å²) in [6, 6.07) is 0. The lowest BCUT2D eigenvalue weighted by atomic mass is 9.44. The monoisotopic (exact) mass is 334 g/mol. The summed E-state index contributed by atoms with van der Waals surface area (Å²) in [6.45, 7) is 4.57. The Kier molecular flexibility index (Phi) is 4.12. The first-order valence-corrected chi connectivity index (χ1v) is 10.2. The van der Waals surface area contributed by atoms with Gasteiger partial charge in [0.2, 0.25) is 0 Å². The molecule has 24 heavy (non-hydrogen) atoms. The zero-order chi connectivity index (χ0) is 17.1. The van der Waals surface area contributed by atoms with Crippen molar-refractivity contribution in [3.05, 3.63) is 0 Å². The van der Waals surface area contributed by atoms with E-state index in [0.717, 1.165) is 37.5 Å². The van der Waals surface area contributed by atoms with Crippen LogP contribution in [0.15, 0.2) is 0 Å². The number of carbonyl (C=O) groups excluding carboxylic acids is 1. The summed E-state index contributed by atoms with van der Waals surface area (Å²) in [5, 5.41) is 19.5. The van der Waals surface area contributed by atoms with E-state index in [2.05, 4.69) is 13.8 Å². The van der Waals surface area contributed by atoms with Gasteiger partial charge in [0.05, 0.1) is 6.10 Å². The number of aliphatic hydroxyl groups is 2. The molecule has 4 rings (SSSR count). The molecule has 4 aliphatic carbocycles. The van der Waals surface area contributed by atoms with Crippen LogP contribution < -0.4 is 0 Å². The highest BCUT2D eigenvalue weighted by Crippen LogP contribution is 2.67. The third-order valence-corrected chi connectivity index (χ3v) is 9.18. The second-order valence-electron chi connectivity index (χ2n) is 9.88. The molecule has 0 spiro atoms. The van der Waals surface area contributed by atoms with Gasteiger partial charge in [-0.1, -0.05) is 13.8 Å². The summed E-state index contributed by atoms with van der Waals surface area (Å²) in [7, 11) is 0. The number of carbonyl (C=O) groups is 1. The summed E-state index contributed by atoms with van der Waals surface area (Å²) in [5.41, 5.74) is 0.529. The molecule has 0 aliphatic heterocycles. The predicted molar refractivity (Wildman–Crippen MR) is 93.3 cm³/mol. The number of ketones is 1. The highest BCUT2D eigenvalue weighted by atomic mass is 16.3. The first kappa shape index (κ1) is 17.0. The summed E-state index contributed by atoms with van der Waals surface area (Å²) in [4.78, 5) is 12.3. The molecule has 0 saturated heterocycles. The van der Waals surface area contributed by atoms with Gasteiger partial charge < -0.3 is 10.2 Å². The smallest absolute Gasteiger partial charge is 0.161 e. The van der Waals surface area contributed by atoms with Crippen LogP contribution >= 0.6 is 0 Å². The maximum atomic E-state index is 12.3. The summed E-state index contributed by atoms with van der Waals surface area (Å²) in [6.07, 6.45) is 10.2. The van der Waals surface area contributed by atoms with Crippen LogP contribution in [0.3, 0.4) is 0 Å². The fourth-order valence-electron chi connectivity index (χ4n) is 7.87. The fraction of sp³-hybridized carbons (Fsp3) is 0.952. The quantitative estimate of drug-likeness (QED) is 0.812. The van der Waals surface area contributed by atoms with Crippen LogP contribution in [0.5, 0.6) is 0 Å². The van der Waals surface area contributed by atoms with Crippen LogP contribution in [0, 0.1) is 40.4 Å². The minimum absolute atomic E-state index is 0.0773. The molecule has 3 nitrogen and oxygen atoms in total. The molecule has 8 atom stereocenters. The summed E-state index contributed by atoms with van der Waals surface area (Å²) < 4.78 is 0. The van der Waals surface area contributed by atoms with Crippen molar-refractivity contribution in [3.63, 3.8) is 0 Å². The van der Waals surface area contributed by atoms with Gasteiger partial charge in [-0.3, -0.25) is 4.79 Å². The molecule has 136 valence electrons. The molecule has 0 amide bonds. The normalized spacial score (nSPS) is 53.8. The molecule has 4 aliphatic rings. The Morgan fingerprint density at radius 2 is 1.67 bits per heavy atom. The zero-order valence-corrected chi connectivity index (χ0v) is 15.3. The van der Waals surface area contributed by atoms with Crippen molar-refractivity contribution in [1.82, 2.24) is 0 Å². The van der Waals surface area contributed by atoms with Crippen LogP contribution in [0.1, 0.15) is 71.6 Å². The van der Waals surface area contributed by atoms with Crippen molar-refractivity contribution in [2.24, 2.45) is 40.4 Å². The number of hydrogen-bond acceptors (Lipinski definition) is 3. The van der Waals surface area contributed by atoms with Crippen LogP contribution in [-0.4, -0.2) is 28.7 Å². The van der Waals surface area contributed by atoms with Gasteiger partial charge in [-0.2, -0.15) is 0 Å². The molecule has 0 bridgehead atoms. The third kappa shape index (κ3) is 2.26. The fourth-order valence-corrected chi connectivity index (χ4v) is 7.87. The zero-order valence-electron chi connectivity index (χ0n) is 15.3. The van der Waals surface area contributed by atoms with Crippen LogP contribution in [0.25, 0.3) is 0 Å². The van der Waals surface area contributed by atoms with Crippen molar-refractivity contribution >= 4 is 5.78 Å². The lowest BCUT2D eigenvalue weighted by molar-refractivity contribution is -0.141. The van der Waals surface area contributed by atoms with Crippen molar-refractivity contribution in [2.75, 3.05) is 6.61 Å². The Balaban J connectivity index is 1.60. The van der Waals surface area contributed by atoms with E-state index in [9.17, 15) is 15.0 Å². The average Bonchev–Trinajstić information content (AvgIpc) is 2.92. The SMILES string of the molecule is CC12CCC(O)CC1CCC1C2CCC2(C)C1CC[C@@H]2C(=O)CO. The number of hydrogen-bond donors (Lipinski definition) is 2. The molecule has 7 unspecified atom stereocenters. The van der Waals surface area contributed by atoms with E-state index < -0.39 is 0 Å². The first-order valence-electron chi connectivity index (χ1n) is 10.2. The first-order chi connectivity index (χ1) is 11.4. The van der Waals surface area contributed by atoms with E-state index in [-0.39, 0.29) is 29.8 Å². The van der Waals surface area contributed by atoms with E-state index >= 15 is 0 Å². The van der Waals surface area contributed by atoms with E-state index in [1.807, 2.05) is 0 Å². The molecule has 0 aromatic carbocycles. The van der Waals surface area contributed by atoms with Gasteiger partial charge in [0.25, 0.3) is 0 Å². The molecule has 0 radical (unpaired) electrons. The van der Waals surface area contributed by atoms with E-state index in [0.29, 0.717) is 17.3 Å². The molecule has 4 saturated carbocycles. The van der Waals surface area contributed by atoms with Gasteiger partial charge in [0.1, 0.15) is 6.61 Å². The topological polar surface area (TPSA) is 57.5 Å². The van der Waals surface area contributed by atoms with Gasteiger partial charge in [-0.25, -0.2) is 0 Å². The Bertz CT molecular complexity index is 517. The lowest BCUT2D eigenvalue weighted by Crippen LogP contribution is -2.54. The Morgan fingerprint density at radius 3 is 2.42 bits per heavy atom. The molecule has 2 N–H and O–H groups in total. The highest BCUT2D eigenvalue weighted by Gasteiger charge is 2.60. The van der Waals surface area contributed by atoms with E-state index in [4.69, 9.17) is 0 Å². The maximum absolute atomic E-state index is 12.3. The summed E-state index contributed by atoms with van der Waals surface area (Å²) >= 11 is 0. The second kappa shape index (κ2) is 5.81. The maximum Gasteiger partial charge on any atom is 0.161 e. The highest BCUT2D eigenvalue weighted by molar-refractivity contribution is 5.83. The lowest BCUT2D eigenvalue weighted by Gasteiger charge is -2.60. The molecular weight excluding hydrogens is 300 g/mol. The average molecular weight is 335 g/mol. The number of Topliss-reactive ketones (excluding diaryl/α,β-unsaturated/α-hetero) is 1. The molecule has 3 heteroatoms. The van der Waals surface area contributed by atoms with Gasteiger partial charge in [0, 0.05) is 5.92 Å². The third-order valence-electron chi connectivity index (χ3n) is 9.18. The van der Waals surface area contributed by atoms with Crippen molar-refractivity contribution in [1.29, 1.82) is 0 Å². The molecule has 4 fully saturated rings. The van der Waals surface area contributed by atoms with Crippen LogP contribution in [0.4, 0.5) is 0 Å². The number of rotatable bonds is 2. The Labute approximate surface area is 146 Å². The second-order valence-corrected chi connectivity index (χ2v) is 9.88. The minimum atomic E-state index is -0.279.